The Morgan fingerprint density at radius 3 is 2.16 bits per heavy atom. The van der Waals surface area contributed by atoms with E-state index in [0.717, 1.165) is 24.2 Å². The van der Waals surface area contributed by atoms with Crippen LogP contribution in [0.4, 0.5) is 0 Å². The Kier molecular flexibility index (Phi) is 5.84. The van der Waals surface area contributed by atoms with E-state index >= 15 is 0 Å². The molecule has 0 unspecified atom stereocenters. The Hall–Kier alpha value is -2.17. The normalized spacial score (nSPS) is 19.6. The molecule has 4 nitrogen and oxygen atoms in total. The summed E-state index contributed by atoms with van der Waals surface area (Å²) in [4.78, 5) is 15.1. The summed E-state index contributed by atoms with van der Waals surface area (Å²) in [6.07, 6.45) is 0.169. The number of rotatable bonds is 5. The Labute approximate surface area is 149 Å². The lowest BCUT2D eigenvalue weighted by Gasteiger charge is -2.35. The van der Waals surface area contributed by atoms with Crippen molar-refractivity contribution in [2.75, 3.05) is 19.7 Å². The molecule has 0 bridgehead atoms. The van der Waals surface area contributed by atoms with Crippen LogP contribution in [0.15, 0.2) is 60.7 Å². The molecule has 25 heavy (non-hydrogen) atoms. The second kappa shape index (κ2) is 8.28. The van der Waals surface area contributed by atoms with Crippen LogP contribution in [-0.4, -0.2) is 42.6 Å². The summed E-state index contributed by atoms with van der Waals surface area (Å²) in [5, 5.41) is 3.24. The van der Waals surface area contributed by atoms with Gasteiger partial charge >= 0.3 is 0 Å². The van der Waals surface area contributed by atoms with Gasteiger partial charge in [-0.25, -0.2) is 0 Å². The van der Waals surface area contributed by atoms with E-state index in [2.05, 4.69) is 34.5 Å². The molecular weight excluding hydrogens is 312 g/mol. The predicted molar refractivity (Wildman–Crippen MR) is 99.3 cm³/mol. The highest BCUT2D eigenvalue weighted by atomic mass is 16.5. The number of hydrogen-bond donors (Lipinski definition) is 1. The fourth-order valence-corrected chi connectivity index (χ4v) is 3.28. The SMILES string of the molecule is C[C@@H]1CN([C@@H](C)C(=O)NC(c2ccccc2)c2ccccc2)CCO1. The number of morpholine rings is 1. The molecule has 1 N–H and O–H groups in total. The summed E-state index contributed by atoms with van der Waals surface area (Å²) in [5.74, 6) is 0.0480. The highest BCUT2D eigenvalue weighted by Gasteiger charge is 2.28. The van der Waals surface area contributed by atoms with E-state index in [4.69, 9.17) is 4.74 Å². The van der Waals surface area contributed by atoms with E-state index in [1.807, 2.05) is 50.2 Å². The number of nitrogens with zero attached hydrogens (tertiary/aromatic N) is 1. The van der Waals surface area contributed by atoms with Gasteiger partial charge in [0, 0.05) is 13.1 Å². The zero-order valence-electron chi connectivity index (χ0n) is 14.9. The smallest absolute Gasteiger partial charge is 0.237 e. The average molecular weight is 338 g/mol. The molecule has 0 spiro atoms. The van der Waals surface area contributed by atoms with Gasteiger partial charge in [0.2, 0.25) is 5.91 Å². The summed E-state index contributed by atoms with van der Waals surface area (Å²) in [5.41, 5.74) is 2.18. The van der Waals surface area contributed by atoms with E-state index in [1.165, 1.54) is 0 Å². The van der Waals surface area contributed by atoms with Gasteiger partial charge < -0.3 is 10.1 Å². The Morgan fingerprint density at radius 1 is 1.08 bits per heavy atom. The van der Waals surface area contributed by atoms with Crippen LogP contribution < -0.4 is 5.32 Å². The minimum Gasteiger partial charge on any atom is -0.376 e. The number of carbonyl (C=O) groups excluding carboxylic acids is 1. The van der Waals surface area contributed by atoms with Crippen molar-refractivity contribution in [3.05, 3.63) is 71.8 Å². The lowest BCUT2D eigenvalue weighted by Crippen LogP contribution is -2.52. The highest BCUT2D eigenvalue weighted by Crippen LogP contribution is 2.22. The molecule has 132 valence electrons. The first kappa shape index (κ1) is 17.6. The van der Waals surface area contributed by atoms with Crippen molar-refractivity contribution < 1.29 is 9.53 Å². The van der Waals surface area contributed by atoms with Gasteiger partial charge in [0.1, 0.15) is 0 Å². The molecule has 2 aromatic rings. The molecule has 1 saturated heterocycles. The molecule has 3 rings (SSSR count). The zero-order chi connectivity index (χ0) is 17.6. The van der Waals surface area contributed by atoms with E-state index in [1.54, 1.807) is 0 Å². The molecule has 0 aliphatic carbocycles. The number of ether oxygens (including phenoxy) is 1. The molecule has 2 atom stereocenters. The van der Waals surface area contributed by atoms with E-state index in [0.29, 0.717) is 6.61 Å². The third-order valence-corrected chi connectivity index (χ3v) is 4.75. The molecule has 1 heterocycles. The third-order valence-electron chi connectivity index (χ3n) is 4.75. The number of nitrogens with one attached hydrogen (secondary N) is 1. The van der Waals surface area contributed by atoms with Crippen LogP contribution in [-0.2, 0) is 9.53 Å². The first-order valence-corrected chi connectivity index (χ1v) is 8.91. The van der Waals surface area contributed by atoms with E-state index < -0.39 is 0 Å². The Balaban J connectivity index is 1.77. The maximum Gasteiger partial charge on any atom is 0.237 e. The minimum atomic E-state index is -0.179. The summed E-state index contributed by atoms with van der Waals surface area (Å²) < 4.78 is 5.58. The first-order valence-electron chi connectivity index (χ1n) is 8.91. The van der Waals surface area contributed by atoms with Gasteiger partial charge in [-0.15, -0.1) is 0 Å². The summed E-state index contributed by atoms with van der Waals surface area (Å²) in [6, 6.07) is 19.9. The van der Waals surface area contributed by atoms with Crippen LogP contribution in [0.3, 0.4) is 0 Å². The second-order valence-electron chi connectivity index (χ2n) is 6.62. The maximum absolute atomic E-state index is 12.9. The van der Waals surface area contributed by atoms with Crippen molar-refractivity contribution in [2.24, 2.45) is 0 Å². The highest BCUT2D eigenvalue weighted by molar-refractivity contribution is 5.82. The zero-order valence-corrected chi connectivity index (χ0v) is 14.9. The van der Waals surface area contributed by atoms with Gasteiger partial charge in [-0.3, -0.25) is 9.69 Å². The molecule has 4 heteroatoms. The van der Waals surface area contributed by atoms with Gasteiger partial charge in [0.25, 0.3) is 0 Å². The number of benzene rings is 2. The molecule has 1 aliphatic heterocycles. The van der Waals surface area contributed by atoms with E-state index in [9.17, 15) is 4.79 Å². The van der Waals surface area contributed by atoms with Crippen molar-refractivity contribution in [3.8, 4) is 0 Å². The van der Waals surface area contributed by atoms with Crippen LogP contribution in [0.2, 0.25) is 0 Å². The minimum absolute atomic E-state index is 0.0480. The lowest BCUT2D eigenvalue weighted by atomic mass is 9.98. The monoisotopic (exact) mass is 338 g/mol. The van der Waals surface area contributed by atoms with Crippen LogP contribution >= 0.6 is 0 Å². The van der Waals surface area contributed by atoms with Crippen molar-refractivity contribution in [1.29, 1.82) is 0 Å². The van der Waals surface area contributed by atoms with Crippen molar-refractivity contribution in [3.63, 3.8) is 0 Å². The molecule has 2 aromatic carbocycles. The van der Waals surface area contributed by atoms with Crippen molar-refractivity contribution in [2.45, 2.75) is 32.0 Å². The maximum atomic E-state index is 12.9. The fourth-order valence-electron chi connectivity index (χ4n) is 3.28. The molecule has 0 aromatic heterocycles. The fraction of sp³-hybridized carbons (Fsp3) is 0.381. The van der Waals surface area contributed by atoms with Crippen LogP contribution in [0, 0.1) is 0 Å². The van der Waals surface area contributed by atoms with Gasteiger partial charge in [0.05, 0.1) is 24.8 Å². The van der Waals surface area contributed by atoms with Crippen LogP contribution in [0.25, 0.3) is 0 Å². The Bertz CT molecular complexity index is 635. The summed E-state index contributed by atoms with van der Waals surface area (Å²) in [6.45, 7) is 6.28. The summed E-state index contributed by atoms with van der Waals surface area (Å²) in [7, 11) is 0. The van der Waals surface area contributed by atoms with Crippen LogP contribution in [0.5, 0.6) is 0 Å². The van der Waals surface area contributed by atoms with Gasteiger partial charge in [0.15, 0.2) is 0 Å². The molecule has 1 fully saturated rings. The number of carbonyl (C=O) groups is 1. The summed E-state index contributed by atoms with van der Waals surface area (Å²) >= 11 is 0. The predicted octanol–water partition coefficient (Wildman–Crippen LogP) is 3.00. The Morgan fingerprint density at radius 2 is 1.64 bits per heavy atom. The molecule has 1 aliphatic rings. The van der Waals surface area contributed by atoms with Gasteiger partial charge in [-0.2, -0.15) is 0 Å². The second-order valence-corrected chi connectivity index (χ2v) is 6.62. The van der Waals surface area contributed by atoms with Gasteiger partial charge in [-0.05, 0) is 25.0 Å². The third kappa shape index (κ3) is 4.47. The van der Waals surface area contributed by atoms with E-state index in [-0.39, 0.29) is 24.1 Å². The van der Waals surface area contributed by atoms with Crippen LogP contribution in [0.1, 0.15) is 31.0 Å². The first-order chi connectivity index (χ1) is 12.1. The van der Waals surface area contributed by atoms with Crippen molar-refractivity contribution in [1.82, 2.24) is 10.2 Å². The quantitative estimate of drug-likeness (QED) is 0.911. The standard InChI is InChI=1S/C21H26N2O2/c1-16-15-23(13-14-25-16)17(2)21(24)22-20(18-9-5-3-6-10-18)19-11-7-4-8-12-19/h3-12,16-17,20H,13-15H2,1-2H3,(H,22,24)/t16-,17+/m1/s1. The molecule has 0 saturated carbocycles. The molecule has 1 amide bonds. The average Bonchev–Trinajstić information content (AvgIpc) is 2.66. The lowest BCUT2D eigenvalue weighted by molar-refractivity contribution is -0.129. The topological polar surface area (TPSA) is 41.6 Å². The van der Waals surface area contributed by atoms with Crippen molar-refractivity contribution >= 4 is 5.91 Å². The molecular formula is C21H26N2O2. The number of amides is 1. The molecule has 0 radical (unpaired) electrons. The van der Waals surface area contributed by atoms with Gasteiger partial charge in [-0.1, -0.05) is 60.7 Å². The number of hydrogen-bond acceptors (Lipinski definition) is 3. The largest absolute Gasteiger partial charge is 0.376 e.